The number of likely N-dealkylation sites (N-methyl/N-ethyl adjacent to an activating group) is 1. The van der Waals surface area contributed by atoms with Crippen molar-refractivity contribution in [1.29, 1.82) is 0 Å². The lowest BCUT2D eigenvalue weighted by atomic mass is 10.3. The van der Waals surface area contributed by atoms with Gasteiger partial charge in [0.05, 0.1) is 18.0 Å². The molecule has 0 unspecified atom stereocenters. The van der Waals surface area contributed by atoms with E-state index in [9.17, 15) is 13.2 Å². The van der Waals surface area contributed by atoms with Crippen molar-refractivity contribution >= 4 is 15.9 Å². The summed E-state index contributed by atoms with van der Waals surface area (Å²) >= 11 is 0. The smallest absolute Gasteiger partial charge is 0.243 e. The van der Waals surface area contributed by atoms with Gasteiger partial charge in [0.15, 0.2) is 0 Å². The minimum Gasteiger partial charge on any atom is -0.494 e. The molecule has 6 nitrogen and oxygen atoms in total. The Morgan fingerprint density at radius 1 is 1.38 bits per heavy atom. The molecular formula is C14H20N2O4S. The normalized spacial score (nSPS) is 11.2. The Morgan fingerprint density at radius 3 is 2.52 bits per heavy atom. The fourth-order valence-electron chi connectivity index (χ4n) is 1.58. The quantitative estimate of drug-likeness (QED) is 0.727. The number of nitrogens with one attached hydrogen (secondary N) is 1. The van der Waals surface area contributed by atoms with E-state index < -0.39 is 10.0 Å². The maximum Gasteiger partial charge on any atom is 0.243 e. The predicted molar refractivity (Wildman–Crippen MR) is 80.6 cm³/mol. The van der Waals surface area contributed by atoms with Gasteiger partial charge in [-0.15, -0.1) is 6.58 Å². The number of carbonyl (C=O) groups excluding carboxylic acids is 1. The van der Waals surface area contributed by atoms with E-state index in [4.69, 9.17) is 4.74 Å². The lowest BCUT2D eigenvalue weighted by molar-refractivity contribution is -0.120. The number of benzene rings is 1. The number of carbonyl (C=O) groups is 1. The van der Waals surface area contributed by atoms with Crippen LogP contribution in [0.15, 0.2) is 41.8 Å². The van der Waals surface area contributed by atoms with E-state index >= 15 is 0 Å². The van der Waals surface area contributed by atoms with Gasteiger partial charge in [-0.2, -0.15) is 4.31 Å². The average molecular weight is 312 g/mol. The van der Waals surface area contributed by atoms with Gasteiger partial charge in [-0.1, -0.05) is 6.08 Å². The fourth-order valence-corrected chi connectivity index (χ4v) is 2.71. The molecule has 21 heavy (non-hydrogen) atoms. The molecule has 7 heteroatoms. The molecule has 0 heterocycles. The van der Waals surface area contributed by atoms with Crippen molar-refractivity contribution in [3.8, 4) is 5.75 Å². The molecule has 0 atom stereocenters. The van der Waals surface area contributed by atoms with Crippen molar-refractivity contribution in [2.75, 3.05) is 26.7 Å². The van der Waals surface area contributed by atoms with Crippen LogP contribution in [0.2, 0.25) is 0 Å². The fraction of sp³-hybridized carbons (Fsp3) is 0.357. The molecule has 0 aliphatic rings. The van der Waals surface area contributed by atoms with Gasteiger partial charge in [0, 0.05) is 13.6 Å². The lowest BCUT2D eigenvalue weighted by Crippen LogP contribution is -2.38. The van der Waals surface area contributed by atoms with Crippen LogP contribution in [0.5, 0.6) is 5.75 Å². The Bertz CT molecular complexity index is 581. The Morgan fingerprint density at radius 2 is 2.00 bits per heavy atom. The Balaban J connectivity index is 2.79. The van der Waals surface area contributed by atoms with Crippen molar-refractivity contribution < 1.29 is 17.9 Å². The molecule has 1 amide bonds. The summed E-state index contributed by atoms with van der Waals surface area (Å²) in [7, 11) is -2.34. The van der Waals surface area contributed by atoms with Crippen LogP contribution in [-0.4, -0.2) is 45.4 Å². The van der Waals surface area contributed by atoms with E-state index in [2.05, 4.69) is 11.9 Å². The molecule has 0 aliphatic carbocycles. The van der Waals surface area contributed by atoms with Gasteiger partial charge in [-0.3, -0.25) is 4.79 Å². The maximum atomic E-state index is 12.3. The van der Waals surface area contributed by atoms with Gasteiger partial charge < -0.3 is 10.1 Å². The summed E-state index contributed by atoms with van der Waals surface area (Å²) < 4.78 is 30.9. The van der Waals surface area contributed by atoms with Gasteiger partial charge >= 0.3 is 0 Å². The Hall–Kier alpha value is -1.86. The number of amides is 1. The molecule has 1 aromatic carbocycles. The highest BCUT2D eigenvalue weighted by Gasteiger charge is 2.22. The molecule has 1 aromatic rings. The van der Waals surface area contributed by atoms with Crippen molar-refractivity contribution in [2.24, 2.45) is 0 Å². The van der Waals surface area contributed by atoms with E-state index in [1.807, 2.05) is 6.92 Å². The standard InChI is InChI=1S/C14H20N2O4S/c1-4-10-15-14(17)11-16(3)21(18,19)13-8-6-12(7-9-13)20-5-2/h4,6-9H,1,5,10-11H2,2-3H3,(H,15,17). The minimum atomic E-state index is -3.70. The van der Waals surface area contributed by atoms with Crippen molar-refractivity contribution in [2.45, 2.75) is 11.8 Å². The second kappa shape index (κ2) is 7.80. The Labute approximate surface area is 125 Å². The summed E-state index contributed by atoms with van der Waals surface area (Å²) in [4.78, 5) is 11.7. The highest BCUT2D eigenvalue weighted by molar-refractivity contribution is 7.89. The Kier molecular flexibility index (Phi) is 6.39. The third kappa shape index (κ3) is 4.87. The SMILES string of the molecule is C=CCNC(=O)CN(C)S(=O)(=O)c1ccc(OCC)cc1. The summed E-state index contributed by atoms with van der Waals surface area (Å²) in [5.74, 6) is 0.217. The number of hydrogen-bond donors (Lipinski definition) is 1. The zero-order chi connectivity index (χ0) is 15.9. The van der Waals surface area contributed by atoms with E-state index in [0.29, 0.717) is 18.9 Å². The highest BCUT2D eigenvalue weighted by Crippen LogP contribution is 2.18. The summed E-state index contributed by atoms with van der Waals surface area (Å²) in [6, 6.07) is 6.08. The van der Waals surface area contributed by atoms with Crippen LogP contribution in [0, 0.1) is 0 Å². The largest absolute Gasteiger partial charge is 0.494 e. The van der Waals surface area contributed by atoms with Crippen molar-refractivity contribution in [3.63, 3.8) is 0 Å². The van der Waals surface area contributed by atoms with Crippen LogP contribution < -0.4 is 10.1 Å². The zero-order valence-electron chi connectivity index (χ0n) is 12.2. The average Bonchev–Trinajstić information content (AvgIpc) is 2.46. The summed E-state index contributed by atoms with van der Waals surface area (Å²) in [6.07, 6.45) is 1.53. The third-order valence-electron chi connectivity index (χ3n) is 2.65. The van der Waals surface area contributed by atoms with Crippen LogP contribution in [0.3, 0.4) is 0 Å². The summed E-state index contributed by atoms with van der Waals surface area (Å²) in [5, 5.41) is 2.53. The number of rotatable bonds is 8. The molecule has 0 aromatic heterocycles. The van der Waals surface area contributed by atoms with E-state index in [0.717, 1.165) is 4.31 Å². The van der Waals surface area contributed by atoms with Crippen LogP contribution in [0.25, 0.3) is 0 Å². The molecule has 1 N–H and O–H groups in total. The molecule has 0 spiro atoms. The van der Waals surface area contributed by atoms with Crippen LogP contribution in [-0.2, 0) is 14.8 Å². The second-order valence-electron chi connectivity index (χ2n) is 4.26. The van der Waals surface area contributed by atoms with E-state index in [1.54, 1.807) is 12.1 Å². The number of sulfonamides is 1. The molecule has 0 fully saturated rings. The van der Waals surface area contributed by atoms with Crippen LogP contribution in [0.1, 0.15) is 6.92 Å². The topological polar surface area (TPSA) is 75.7 Å². The first-order chi connectivity index (χ1) is 9.91. The van der Waals surface area contributed by atoms with Crippen LogP contribution in [0.4, 0.5) is 0 Å². The lowest BCUT2D eigenvalue weighted by Gasteiger charge is -2.16. The monoisotopic (exact) mass is 312 g/mol. The second-order valence-corrected chi connectivity index (χ2v) is 6.30. The van der Waals surface area contributed by atoms with Crippen LogP contribution >= 0.6 is 0 Å². The third-order valence-corrected chi connectivity index (χ3v) is 4.47. The molecule has 116 valence electrons. The number of hydrogen-bond acceptors (Lipinski definition) is 4. The van der Waals surface area contributed by atoms with Gasteiger partial charge in [0.2, 0.25) is 15.9 Å². The molecule has 0 bridgehead atoms. The van der Waals surface area contributed by atoms with Gasteiger partial charge in [0.25, 0.3) is 0 Å². The van der Waals surface area contributed by atoms with Crippen molar-refractivity contribution in [1.82, 2.24) is 9.62 Å². The predicted octanol–water partition coefficient (Wildman–Crippen LogP) is 1.01. The molecule has 0 saturated carbocycles. The maximum absolute atomic E-state index is 12.3. The first-order valence-electron chi connectivity index (χ1n) is 6.48. The van der Waals surface area contributed by atoms with Gasteiger partial charge in [0.1, 0.15) is 5.75 Å². The highest BCUT2D eigenvalue weighted by atomic mass is 32.2. The minimum absolute atomic E-state index is 0.116. The molecular weight excluding hydrogens is 292 g/mol. The number of nitrogens with zero attached hydrogens (tertiary/aromatic N) is 1. The summed E-state index contributed by atoms with van der Waals surface area (Å²) in [6.45, 7) is 5.88. The van der Waals surface area contributed by atoms with Gasteiger partial charge in [-0.25, -0.2) is 8.42 Å². The summed E-state index contributed by atoms with van der Waals surface area (Å²) in [5.41, 5.74) is 0. The zero-order valence-corrected chi connectivity index (χ0v) is 13.0. The molecule has 1 rings (SSSR count). The first-order valence-corrected chi connectivity index (χ1v) is 7.92. The first kappa shape index (κ1) is 17.2. The van der Waals surface area contributed by atoms with E-state index in [-0.39, 0.29) is 17.3 Å². The van der Waals surface area contributed by atoms with Gasteiger partial charge in [-0.05, 0) is 31.2 Å². The number of ether oxygens (including phenoxy) is 1. The molecule has 0 radical (unpaired) electrons. The molecule has 0 aliphatic heterocycles. The van der Waals surface area contributed by atoms with Crippen molar-refractivity contribution in [3.05, 3.63) is 36.9 Å². The molecule has 0 saturated heterocycles. The van der Waals surface area contributed by atoms with E-state index in [1.165, 1.54) is 25.3 Å².